The van der Waals surface area contributed by atoms with E-state index in [1.807, 2.05) is 37.4 Å². The van der Waals surface area contributed by atoms with E-state index in [1.165, 1.54) is 16.7 Å². The first kappa shape index (κ1) is 16.8. The summed E-state index contributed by atoms with van der Waals surface area (Å²) in [6.07, 6.45) is 5.06. The van der Waals surface area contributed by atoms with Crippen LogP contribution in [0.4, 0.5) is 0 Å². The van der Waals surface area contributed by atoms with Crippen LogP contribution in [-0.2, 0) is 24.2 Å². The number of rotatable bonds is 3. The molecule has 2 aliphatic rings. The van der Waals surface area contributed by atoms with Crippen LogP contribution in [0.5, 0.6) is 0 Å². The van der Waals surface area contributed by atoms with Crippen LogP contribution in [0, 0.1) is 6.92 Å². The average molecular weight is 364 g/mol. The summed E-state index contributed by atoms with van der Waals surface area (Å²) in [6, 6.07) is 18.7. The lowest BCUT2D eigenvalue weighted by molar-refractivity contribution is -0.115. The number of aromatic nitrogens is 1. The molecule has 1 aliphatic carbocycles. The highest BCUT2D eigenvalue weighted by atomic mass is 16.1. The molecule has 0 saturated heterocycles. The lowest BCUT2D eigenvalue weighted by atomic mass is 9.85. The summed E-state index contributed by atoms with van der Waals surface area (Å²) in [5.41, 5.74) is 9.81. The fraction of sp³-hybridized carbons (Fsp3) is 0.160. The first-order valence-electron chi connectivity index (χ1n) is 9.59. The van der Waals surface area contributed by atoms with Gasteiger partial charge < -0.3 is 0 Å². The Labute approximate surface area is 164 Å². The van der Waals surface area contributed by atoms with E-state index in [4.69, 9.17) is 4.99 Å². The number of allylic oxidation sites excluding steroid dienone is 1. The van der Waals surface area contributed by atoms with Crippen LogP contribution in [0.15, 0.2) is 71.4 Å². The molecule has 0 saturated carbocycles. The molecule has 0 radical (unpaired) electrons. The second-order valence-electron chi connectivity index (χ2n) is 7.49. The van der Waals surface area contributed by atoms with Gasteiger partial charge in [0.05, 0.1) is 12.3 Å². The summed E-state index contributed by atoms with van der Waals surface area (Å²) in [6.45, 7) is 2.67. The van der Waals surface area contributed by atoms with Gasteiger partial charge in [-0.3, -0.25) is 14.8 Å². The smallest absolute Gasteiger partial charge is 0.163 e. The molecule has 136 valence electrons. The predicted octanol–water partition coefficient (Wildman–Crippen LogP) is 4.49. The first-order valence-corrected chi connectivity index (χ1v) is 9.59. The highest BCUT2D eigenvalue weighted by Gasteiger charge is 2.24. The minimum absolute atomic E-state index is 0.222. The molecular weight excluding hydrogens is 344 g/mol. The van der Waals surface area contributed by atoms with E-state index >= 15 is 0 Å². The number of aryl methyl sites for hydroxylation is 1. The zero-order valence-electron chi connectivity index (χ0n) is 15.8. The van der Waals surface area contributed by atoms with Gasteiger partial charge >= 0.3 is 0 Å². The number of hydrogen-bond donors (Lipinski definition) is 0. The summed E-state index contributed by atoms with van der Waals surface area (Å²) in [7, 11) is 0. The summed E-state index contributed by atoms with van der Waals surface area (Å²) < 4.78 is 0. The van der Waals surface area contributed by atoms with Crippen molar-refractivity contribution < 1.29 is 4.79 Å². The van der Waals surface area contributed by atoms with Crippen molar-refractivity contribution in [2.75, 3.05) is 0 Å². The quantitative estimate of drug-likeness (QED) is 0.687. The number of carbonyl (C=O) groups excluding carboxylic acids is 1. The van der Waals surface area contributed by atoms with Gasteiger partial charge in [-0.15, -0.1) is 0 Å². The van der Waals surface area contributed by atoms with E-state index < -0.39 is 0 Å². The number of nitrogens with zero attached hydrogens (tertiary/aromatic N) is 2. The SMILES string of the molecule is Cc1cc(C2=NCc3cc4c(cc32)C=C(Cc2ccccc2)C(=O)C4)ccn1. The number of fused-ring (bicyclic) bond motifs is 2. The molecule has 5 rings (SSSR count). The highest BCUT2D eigenvalue weighted by molar-refractivity contribution is 6.16. The van der Waals surface area contributed by atoms with Gasteiger partial charge in [0.2, 0.25) is 0 Å². The normalized spacial score (nSPS) is 15.0. The van der Waals surface area contributed by atoms with E-state index in [0.717, 1.165) is 33.7 Å². The minimum Gasteiger partial charge on any atom is -0.294 e. The molecule has 0 atom stereocenters. The van der Waals surface area contributed by atoms with Gasteiger partial charge in [-0.25, -0.2) is 0 Å². The Hall–Kier alpha value is -3.33. The Balaban J connectivity index is 1.53. The minimum atomic E-state index is 0.222. The maximum Gasteiger partial charge on any atom is 0.163 e. The number of Topliss-reactive ketones (excluding diaryl/α,β-unsaturated/α-hetero) is 1. The van der Waals surface area contributed by atoms with Gasteiger partial charge in [0.25, 0.3) is 0 Å². The monoisotopic (exact) mass is 364 g/mol. The zero-order valence-corrected chi connectivity index (χ0v) is 15.8. The van der Waals surface area contributed by atoms with Crippen LogP contribution in [0.3, 0.4) is 0 Å². The van der Waals surface area contributed by atoms with Crippen LogP contribution < -0.4 is 0 Å². The number of carbonyl (C=O) groups is 1. The van der Waals surface area contributed by atoms with Crippen molar-refractivity contribution >= 4 is 17.6 Å². The van der Waals surface area contributed by atoms with Crippen LogP contribution in [0.25, 0.3) is 6.08 Å². The number of aliphatic imine (C=N–C) groups is 1. The Morgan fingerprint density at radius 1 is 1.00 bits per heavy atom. The second kappa shape index (κ2) is 6.68. The molecule has 0 fully saturated rings. The maximum absolute atomic E-state index is 12.7. The first-order chi connectivity index (χ1) is 13.7. The van der Waals surface area contributed by atoms with Crippen LogP contribution in [-0.4, -0.2) is 16.5 Å². The third-order valence-corrected chi connectivity index (χ3v) is 5.47. The Kier molecular flexibility index (Phi) is 4.01. The molecule has 0 bridgehead atoms. The molecule has 28 heavy (non-hydrogen) atoms. The maximum atomic E-state index is 12.7. The highest BCUT2D eigenvalue weighted by Crippen LogP contribution is 2.31. The van der Waals surface area contributed by atoms with Crippen molar-refractivity contribution in [2.45, 2.75) is 26.3 Å². The molecular formula is C25H20N2O. The van der Waals surface area contributed by atoms with Crippen molar-refractivity contribution in [1.29, 1.82) is 0 Å². The molecule has 0 unspecified atom stereocenters. The van der Waals surface area contributed by atoms with Crippen molar-refractivity contribution in [2.24, 2.45) is 4.99 Å². The number of ketones is 1. The molecule has 3 heteroatoms. The summed E-state index contributed by atoms with van der Waals surface area (Å²) in [5.74, 6) is 0.222. The van der Waals surface area contributed by atoms with Crippen LogP contribution >= 0.6 is 0 Å². The fourth-order valence-corrected chi connectivity index (χ4v) is 4.06. The van der Waals surface area contributed by atoms with Gasteiger partial charge in [0.15, 0.2) is 5.78 Å². The summed E-state index contributed by atoms with van der Waals surface area (Å²) >= 11 is 0. The predicted molar refractivity (Wildman–Crippen MR) is 112 cm³/mol. The second-order valence-corrected chi connectivity index (χ2v) is 7.49. The Bertz CT molecular complexity index is 1160. The van der Waals surface area contributed by atoms with E-state index in [-0.39, 0.29) is 5.78 Å². The third-order valence-electron chi connectivity index (χ3n) is 5.47. The van der Waals surface area contributed by atoms with Gasteiger partial charge in [-0.1, -0.05) is 36.4 Å². The van der Waals surface area contributed by atoms with E-state index in [2.05, 4.69) is 41.4 Å². The van der Waals surface area contributed by atoms with Gasteiger partial charge in [0, 0.05) is 41.4 Å². The van der Waals surface area contributed by atoms with Crippen molar-refractivity contribution in [3.63, 3.8) is 0 Å². The lowest BCUT2D eigenvalue weighted by Gasteiger charge is -2.18. The molecule has 3 nitrogen and oxygen atoms in total. The number of pyridine rings is 1. The number of benzene rings is 2. The van der Waals surface area contributed by atoms with Gasteiger partial charge in [0.1, 0.15) is 0 Å². The van der Waals surface area contributed by atoms with E-state index in [9.17, 15) is 4.79 Å². The molecule has 2 aromatic carbocycles. The largest absolute Gasteiger partial charge is 0.294 e. The van der Waals surface area contributed by atoms with Crippen molar-refractivity contribution in [3.8, 4) is 0 Å². The summed E-state index contributed by atoms with van der Waals surface area (Å²) in [5, 5.41) is 0. The standard InChI is InChI=1S/C25H20N2O/c1-16-9-18(7-8-26-16)25-23-13-19-11-21(10-17-5-3-2-4-6-17)24(28)14-20(19)12-22(23)15-27-25/h2-9,11-13H,10,14-15H2,1H3. The fourth-order valence-electron chi connectivity index (χ4n) is 4.06. The number of hydrogen-bond acceptors (Lipinski definition) is 3. The topological polar surface area (TPSA) is 42.3 Å². The van der Waals surface area contributed by atoms with Gasteiger partial charge in [-0.2, -0.15) is 0 Å². The molecule has 0 amide bonds. The Morgan fingerprint density at radius 2 is 1.86 bits per heavy atom. The van der Waals surface area contributed by atoms with Crippen molar-refractivity contribution in [3.05, 3.63) is 105 Å². The molecule has 0 N–H and O–H groups in total. The molecule has 1 aromatic heterocycles. The van der Waals surface area contributed by atoms with Crippen LogP contribution in [0.2, 0.25) is 0 Å². The molecule has 1 aliphatic heterocycles. The van der Waals surface area contributed by atoms with Crippen molar-refractivity contribution in [1.82, 2.24) is 4.98 Å². The third kappa shape index (κ3) is 2.99. The van der Waals surface area contributed by atoms with E-state index in [1.54, 1.807) is 0 Å². The molecule has 2 heterocycles. The Morgan fingerprint density at radius 3 is 2.68 bits per heavy atom. The lowest BCUT2D eigenvalue weighted by Crippen LogP contribution is -2.15. The average Bonchev–Trinajstić information content (AvgIpc) is 3.10. The zero-order chi connectivity index (χ0) is 19.1. The molecule has 3 aromatic rings. The van der Waals surface area contributed by atoms with E-state index in [0.29, 0.717) is 19.4 Å². The summed E-state index contributed by atoms with van der Waals surface area (Å²) in [4.78, 5) is 21.7. The van der Waals surface area contributed by atoms with Gasteiger partial charge in [-0.05, 0) is 53.5 Å². The van der Waals surface area contributed by atoms with Crippen LogP contribution in [0.1, 0.15) is 39.1 Å². The molecule has 0 spiro atoms.